The molecule has 0 saturated carbocycles. The lowest BCUT2D eigenvalue weighted by molar-refractivity contribution is 0.0124. The fraction of sp³-hybridized carbons (Fsp3) is 0.500. The largest absolute Gasteiger partial charge is 0.379 e. The van der Waals surface area contributed by atoms with Crippen molar-refractivity contribution in [2.45, 2.75) is 0 Å². The van der Waals surface area contributed by atoms with Gasteiger partial charge in [-0.25, -0.2) is 9.99 Å². The van der Waals surface area contributed by atoms with Crippen LogP contribution in [0.25, 0.3) is 0 Å². The van der Waals surface area contributed by atoms with Crippen LogP contribution in [0.2, 0.25) is 0 Å². The van der Waals surface area contributed by atoms with Crippen molar-refractivity contribution < 1.29 is 9.53 Å². The highest BCUT2D eigenvalue weighted by Gasteiger charge is 2.17. The van der Waals surface area contributed by atoms with Crippen LogP contribution in [0.5, 0.6) is 0 Å². The highest BCUT2D eigenvalue weighted by Crippen LogP contribution is 2.20. The molecule has 1 fully saturated rings. The minimum Gasteiger partial charge on any atom is -0.379 e. The van der Waals surface area contributed by atoms with E-state index >= 15 is 0 Å². The number of carbonyl (C=O) groups excluding carboxylic acids is 1. The number of carbonyl (C=O) groups is 1. The van der Waals surface area contributed by atoms with E-state index in [1.165, 1.54) is 11.3 Å². The molecule has 5 nitrogen and oxygen atoms in total. The average Bonchev–Trinajstić information content (AvgIpc) is 2.66. The van der Waals surface area contributed by atoms with Gasteiger partial charge < -0.3 is 4.74 Å². The van der Waals surface area contributed by atoms with Crippen LogP contribution in [0.15, 0.2) is 9.30 Å². The molecular formula is C8H10BrN3O2S. The Balaban J connectivity index is 1.94. The van der Waals surface area contributed by atoms with Crippen molar-refractivity contribution in [1.82, 2.24) is 15.4 Å². The first-order chi connectivity index (χ1) is 7.27. The molecule has 1 aliphatic heterocycles. The van der Waals surface area contributed by atoms with Crippen LogP contribution in [-0.4, -0.2) is 42.2 Å². The minimum atomic E-state index is -0.176. The van der Waals surface area contributed by atoms with Gasteiger partial charge in [0.05, 0.1) is 18.7 Å². The topological polar surface area (TPSA) is 54.5 Å². The van der Waals surface area contributed by atoms with Crippen LogP contribution >= 0.6 is 27.3 Å². The molecular weight excluding hydrogens is 282 g/mol. The predicted octanol–water partition coefficient (Wildman–Crippen LogP) is 0.883. The molecule has 1 aromatic heterocycles. The third-order valence-electron chi connectivity index (χ3n) is 2.01. The number of rotatable bonds is 2. The fourth-order valence-electron chi connectivity index (χ4n) is 1.25. The molecule has 0 aliphatic carbocycles. The Kier molecular flexibility index (Phi) is 3.68. The molecule has 15 heavy (non-hydrogen) atoms. The number of morpholine rings is 1. The van der Waals surface area contributed by atoms with Crippen LogP contribution in [0, 0.1) is 0 Å². The van der Waals surface area contributed by atoms with Crippen molar-refractivity contribution in [2.75, 3.05) is 26.3 Å². The second kappa shape index (κ2) is 5.02. The van der Waals surface area contributed by atoms with Crippen LogP contribution in [0.1, 0.15) is 10.5 Å². The maximum atomic E-state index is 11.7. The number of hydrogen-bond acceptors (Lipinski definition) is 5. The summed E-state index contributed by atoms with van der Waals surface area (Å²) in [4.78, 5) is 15.7. The maximum Gasteiger partial charge on any atom is 0.286 e. The quantitative estimate of drug-likeness (QED) is 0.879. The first-order valence-corrected chi connectivity index (χ1v) is 6.17. The zero-order valence-corrected chi connectivity index (χ0v) is 10.3. The minimum absolute atomic E-state index is 0.176. The van der Waals surface area contributed by atoms with Crippen LogP contribution in [0.4, 0.5) is 0 Å². The summed E-state index contributed by atoms with van der Waals surface area (Å²) >= 11 is 4.68. The monoisotopic (exact) mass is 291 g/mol. The summed E-state index contributed by atoms with van der Waals surface area (Å²) in [7, 11) is 0. The van der Waals surface area contributed by atoms with Gasteiger partial charge in [0, 0.05) is 13.1 Å². The Morgan fingerprint density at radius 1 is 1.60 bits per heavy atom. The molecule has 1 N–H and O–H groups in total. The first kappa shape index (κ1) is 11.0. The van der Waals surface area contributed by atoms with Gasteiger partial charge in [0.2, 0.25) is 0 Å². The van der Waals surface area contributed by atoms with Gasteiger partial charge in [-0.15, -0.1) is 11.3 Å². The van der Waals surface area contributed by atoms with Crippen molar-refractivity contribution >= 4 is 33.2 Å². The van der Waals surface area contributed by atoms with E-state index in [9.17, 15) is 4.79 Å². The number of ether oxygens (including phenoxy) is 1. The summed E-state index contributed by atoms with van der Waals surface area (Å²) in [5.41, 5.74) is 4.86. The van der Waals surface area contributed by atoms with Crippen molar-refractivity contribution in [2.24, 2.45) is 0 Å². The molecule has 0 spiro atoms. The average molecular weight is 292 g/mol. The third kappa shape index (κ3) is 2.75. The Morgan fingerprint density at radius 3 is 2.93 bits per heavy atom. The summed E-state index contributed by atoms with van der Waals surface area (Å²) in [6.45, 7) is 2.73. The summed E-state index contributed by atoms with van der Waals surface area (Å²) in [6, 6.07) is 0. The number of nitrogens with zero attached hydrogens (tertiary/aromatic N) is 2. The van der Waals surface area contributed by atoms with E-state index in [1.807, 2.05) is 5.01 Å². The SMILES string of the molecule is O=C(NN1CCOCC1)c1ncsc1Br. The van der Waals surface area contributed by atoms with Gasteiger partial charge in [0.15, 0.2) is 5.69 Å². The maximum absolute atomic E-state index is 11.7. The summed E-state index contributed by atoms with van der Waals surface area (Å²) in [6.07, 6.45) is 0. The van der Waals surface area contributed by atoms with E-state index in [1.54, 1.807) is 5.51 Å². The summed E-state index contributed by atoms with van der Waals surface area (Å²) < 4.78 is 5.94. The van der Waals surface area contributed by atoms with Gasteiger partial charge in [0.25, 0.3) is 5.91 Å². The van der Waals surface area contributed by atoms with E-state index in [-0.39, 0.29) is 5.91 Å². The summed E-state index contributed by atoms with van der Waals surface area (Å²) in [5, 5.41) is 1.84. The molecule has 2 heterocycles. The number of aromatic nitrogens is 1. The Hall–Kier alpha value is -0.500. The molecule has 0 radical (unpaired) electrons. The molecule has 7 heteroatoms. The van der Waals surface area contributed by atoms with E-state index in [2.05, 4.69) is 26.3 Å². The normalized spacial score (nSPS) is 17.7. The highest BCUT2D eigenvalue weighted by molar-refractivity contribution is 9.11. The van der Waals surface area contributed by atoms with Crippen molar-refractivity contribution in [1.29, 1.82) is 0 Å². The number of nitrogens with one attached hydrogen (secondary N) is 1. The smallest absolute Gasteiger partial charge is 0.286 e. The third-order valence-corrected chi connectivity index (χ3v) is 3.56. The zero-order valence-electron chi connectivity index (χ0n) is 7.90. The van der Waals surface area contributed by atoms with Gasteiger partial charge in [-0.05, 0) is 15.9 Å². The highest BCUT2D eigenvalue weighted by atomic mass is 79.9. The standard InChI is InChI=1S/C8H10BrN3O2S/c9-7-6(10-5-15-7)8(13)11-12-1-3-14-4-2-12/h5H,1-4H2,(H,11,13). The van der Waals surface area contributed by atoms with E-state index in [4.69, 9.17) is 4.74 Å². The zero-order chi connectivity index (χ0) is 10.7. The molecule has 0 unspecified atom stereocenters. The van der Waals surface area contributed by atoms with E-state index < -0.39 is 0 Å². The Labute approximate surface area is 99.5 Å². The number of hydrazine groups is 1. The molecule has 0 atom stereocenters. The second-order valence-electron chi connectivity index (χ2n) is 3.02. The van der Waals surface area contributed by atoms with Crippen LogP contribution in [-0.2, 0) is 4.74 Å². The second-order valence-corrected chi connectivity index (χ2v) is 5.19. The van der Waals surface area contributed by atoms with Gasteiger partial charge >= 0.3 is 0 Å². The lowest BCUT2D eigenvalue weighted by atomic mass is 10.4. The number of halogens is 1. The van der Waals surface area contributed by atoms with E-state index in [0.29, 0.717) is 32.0 Å². The van der Waals surface area contributed by atoms with Gasteiger partial charge in [-0.3, -0.25) is 10.2 Å². The van der Waals surface area contributed by atoms with Gasteiger partial charge in [-0.1, -0.05) is 0 Å². The molecule has 0 bridgehead atoms. The Bertz CT molecular complexity index is 351. The first-order valence-electron chi connectivity index (χ1n) is 4.50. The molecule has 1 saturated heterocycles. The molecule has 0 aromatic carbocycles. The molecule has 1 amide bonds. The van der Waals surface area contributed by atoms with Crippen molar-refractivity contribution in [3.63, 3.8) is 0 Å². The molecule has 2 rings (SSSR count). The van der Waals surface area contributed by atoms with Gasteiger partial charge in [-0.2, -0.15) is 0 Å². The van der Waals surface area contributed by atoms with Gasteiger partial charge in [0.1, 0.15) is 3.79 Å². The van der Waals surface area contributed by atoms with Crippen molar-refractivity contribution in [3.05, 3.63) is 15.0 Å². The molecule has 82 valence electrons. The number of hydrogen-bond donors (Lipinski definition) is 1. The summed E-state index contributed by atoms with van der Waals surface area (Å²) in [5.74, 6) is -0.176. The lowest BCUT2D eigenvalue weighted by Crippen LogP contribution is -2.48. The predicted molar refractivity (Wildman–Crippen MR) is 59.7 cm³/mol. The number of amides is 1. The molecule has 1 aromatic rings. The van der Waals surface area contributed by atoms with Crippen molar-refractivity contribution in [3.8, 4) is 0 Å². The number of thiazole rings is 1. The van der Waals surface area contributed by atoms with E-state index in [0.717, 1.165) is 3.79 Å². The molecule has 1 aliphatic rings. The van der Waals surface area contributed by atoms with Crippen LogP contribution < -0.4 is 5.43 Å². The Morgan fingerprint density at radius 2 is 2.33 bits per heavy atom. The fourth-order valence-corrected chi connectivity index (χ4v) is 2.29. The lowest BCUT2D eigenvalue weighted by Gasteiger charge is -2.26. The van der Waals surface area contributed by atoms with Crippen LogP contribution in [0.3, 0.4) is 0 Å².